The molecule has 0 fully saturated rings. The van der Waals surface area contributed by atoms with E-state index in [1.54, 1.807) is 7.05 Å². The number of nitrogen functional groups attached to an aromatic ring is 1. The van der Waals surface area contributed by atoms with Gasteiger partial charge in [-0.05, 0) is 42.3 Å². The normalized spacial score (nSPS) is 12.8. The third-order valence-electron chi connectivity index (χ3n) is 3.31. The highest BCUT2D eigenvalue weighted by molar-refractivity contribution is 9.10. The van der Waals surface area contributed by atoms with Crippen molar-refractivity contribution in [2.75, 3.05) is 12.5 Å². The maximum Gasteiger partial charge on any atom is 0.247 e. The summed E-state index contributed by atoms with van der Waals surface area (Å²) in [6.07, 6.45) is 2.18. The highest BCUT2D eigenvalue weighted by Gasteiger charge is 2.34. The monoisotopic (exact) mass is 350 g/mol. The maximum atomic E-state index is 12.6. The summed E-state index contributed by atoms with van der Waals surface area (Å²) in [5.74, 6) is 5.46. The van der Waals surface area contributed by atoms with Crippen LogP contribution in [0.25, 0.3) is 0 Å². The van der Waals surface area contributed by atoms with Gasteiger partial charge >= 0.3 is 0 Å². The third-order valence-corrected chi connectivity index (χ3v) is 5.83. The summed E-state index contributed by atoms with van der Waals surface area (Å²) in [5.41, 5.74) is 1.82. The van der Waals surface area contributed by atoms with Gasteiger partial charge < -0.3 is 5.43 Å². The number of hydrazine groups is 1. The number of nitrogens with two attached hydrogens (primary N) is 1. The quantitative estimate of drug-likeness (QED) is 0.625. The molecular formula is C11H19BrN4O2S. The van der Waals surface area contributed by atoms with Gasteiger partial charge in [0.15, 0.2) is 5.82 Å². The van der Waals surface area contributed by atoms with Crippen LogP contribution in [0.5, 0.6) is 0 Å². The summed E-state index contributed by atoms with van der Waals surface area (Å²) >= 11 is 3.22. The first kappa shape index (κ1) is 16.4. The van der Waals surface area contributed by atoms with Crippen molar-refractivity contribution in [2.45, 2.75) is 37.6 Å². The van der Waals surface area contributed by atoms with E-state index in [9.17, 15) is 8.42 Å². The van der Waals surface area contributed by atoms with Crippen LogP contribution in [0.3, 0.4) is 0 Å². The van der Waals surface area contributed by atoms with E-state index >= 15 is 0 Å². The lowest BCUT2D eigenvalue weighted by Gasteiger charge is -2.33. The molecule has 0 radical (unpaired) electrons. The van der Waals surface area contributed by atoms with E-state index in [-0.39, 0.29) is 10.7 Å². The molecule has 0 amide bonds. The predicted molar refractivity (Wildman–Crippen MR) is 79.1 cm³/mol. The number of anilines is 1. The summed E-state index contributed by atoms with van der Waals surface area (Å²) in [7, 11) is -2.12. The number of nitrogens with zero attached hydrogens (tertiary/aromatic N) is 2. The van der Waals surface area contributed by atoms with Gasteiger partial charge in [-0.15, -0.1) is 0 Å². The fourth-order valence-corrected chi connectivity index (χ4v) is 3.61. The molecule has 19 heavy (non-hydrogen) atoms. The lowest BCUT2D eigenvalue weighted by Crippen LogP contribution is -2.44. The molecule has 3 N–H and O–H groups in total. The molecule has 0 aliphatic carbocycles. The first-order valence-corrected chi connectivity index (χ1v) is 8.01. The van der Waals surface area contributed by atoms with Gasteiger partial charge in [-0.2, -0.15) is 4.31 Å². The topological polar surface area (TPSA) is 88.3 Å². The van der Waals surface area contributed by atoms with Crippen LogP contribution in [0, 0.1) is 0 Å². The number of pyridine rings is 1. The molecule has 0 saturated heterocycles. The van der Waals surface area contributed by atoms with Crippen molar-refractivity contribution in [2.24, 2.45) is 5.84 Å². The number of sulfonamides is 1. The Kier molecular flexibility index (Phi) is 4.94. The van der Waals surface area contributed by atoms with E-state index < -0.39 is 15.6 Å². The zero-order chi connectivity index (χ0) is 14.8. The molecule has 108 valence electrons. The van der Waals surface area contributed by atoms with E-state index in [0.717, 1.165) is 0 Å². The highest BCUT2D eigenvalue weighted by Crippen LogP contribution is 2.29. The molecule has 8 heteroatoms. The average molecular weight is 351 g/mol. The van der Waals surface area contributed by atoms with Gasteiger partial charge in [-0.1, -0.05) is 6.92 Å². The molecule has 1 heterocycles. The van der Waals surface area contributed by atoms with Crippen LogP contribution in [-0.4, -0.2) is 30.3 Å². The third kappa shape index (κ3) is 3.25. The van der Waals surface area contributed by atoms with Gasteiger partial charge in [0.1, 0.15) is 4.90 Å². The SMILES string of the molecule is CCC(C)(C)N(C)S(=O)(=O)c1cc(Br)cnc1NN. The Labute approximate surface area is 122 Å². The summed E-state index contributed by atoms with van der Waals surface area (Å²) in [5, 5.41) is 0. The Morgan fingerprint density at radius 1 is 1.53 bits per heavy atom. The van der Waals surface area contributed by atoms with Crippen molar-refractivity contribution in [3.63, 3.8) is 0 Å². The minimum Gasteiger partial charge on any atom is -0.307 e. The minimum atomic E-state index is -3.68. The Bertz CT molecular complexity index is 560. The molecule has 0 aromatic carbocycles. The molecule has 1 aromatic rings. The molecule has 0 aliphatic heterocycles. The fraction of sp³-hybridized carbons (Fsp3) is 0.545. The summed E-state index contributed by atoms with van der Waals surface area (Å²) in [6, 6.07) is 1.49. The second-order valence-corrected chi connectivity index (χ2v) is 7.64. The first-order chi connectivity index (χ1) is 8.66. The van der Waals surface area contributed by atoms with Gasteiger partial charge in [0.2, 0.25) is 10.0 Å². The maximum absolute atomic E-state index is 12.6. The lowest BCUT2D eigenvalue weighted by molar-refractivity contribution is 0.257. The zero-order valence-corrected chi connectivity index (χ0v) is 13.8. The fourth-order valence-electron chi connectivity index (χ4n) is 1.42. The molecule has 1 aromatic heterocycles. The first-order valence-electron chi connectivity index (χ1n) is 5.78. The second-order valence-electron chi connectivity index (χ2n) is 4.78. The molecule has 1 rings (SSSR count). The number of nitrogens with one attached hydrogen (secondary N) is 1. The smallest absolute Gasteiger partial charge is 0.247 e. The van der Waals surface area contributed by atoms with E-state index in [1.165, 1.54) is 16.6 Å². The van der Waals surface area contributed by atoms with Crippen LogP contribution in [0.2, 0.25) is 0 Å². The van der Waals surface area contributed by atoms with Gasteiger partial charge in [0, 0.05) is 23.3 Å². The second kappa shape index (κ2) is 5.74. The van der Waals surface area contributed by atoms with Crippen molar-refractivity contribution in [3.05, 3.63) is 16.7 Å². The predicted octanol–water partition coefficient (Wildman–Crippen LogP) is 1.94. The molecule has 0 spiro atoms. The van der Waals surface area contributed by atoms with Crippen LogP contribution in [0.15, 0.2) is 21.6 Å². The zero-order valence-electron chi connectivity index (χ0n) is 11.4. The molecular weight excluding hydrogens is 332 g/mol. The molecule has 0 bridgehead atoms. The van der Waals surface area contributed by atoms with Gasteiger partial charge in [-0.25, -0.2) is 19.2 Å². The lowest BCUT2D eigenvalue weighted by atomic mass is 10.0. The van der Waals surface area contributed by atoms with Crippen LogP contribution >= 0.6 is 15.9 Å². The Hall–Kier alpha value is -0.700. The standard InChI is InChI=1S/C11H19BrN4O2S/c1-5-11(2,3)16(4)19(17,18)9-6-8(12)7-14-10(9)15-13/h6-7H,5,13H2,1-4H3,(H,14,15). The molecule has 0 aliphatic rings. The largest absolute Gasteiger partial charge is 0.307 e. The van der Waals surface area contributed by atoms with E-state index in [4.69, 9.17) is 5.84 Å². The highest BCUT2D eigenvalue weighted by atomic mass is 79.9. The number of hydrogen-bond donors (Lipinski definition) is 2. The number of halogens is 1. The summed E-state index contributed by atoms with van der Waals surface area (Å²) in [6.45, 7) is 5.67. The summed E-state index contributed by atoms with van der Waals surface area (Å²) in [4.78, 5) is 4.01. The van der Waals surface area contributed by atoms with Gasteiger partial charge in [0.05, 0.1) is 0 Å². The molecule has 6 nitrogen and oxygen atoms in total. The van der Waals surface area contributed by atoms with Gasteiger partial charge in [-0.3, -0.25) is 0 Å². The molecule has 0 unspecified atom stereocenters. The average Bonchev–Trinajstić information content (AvgIpc) is 2.37. The Morgan fingerprint density at radius 3 is 2.58 bits per heavy atom. The van der Waals surface area contributed by atoms with Crippen molar-refractivity contribution < 1.29 is 8.42 Å². The van der Waals surface area contributed by atoms with Crippen LogP contribution in [0.1, 0.15) is 27.2 Å². The number of aromatic nitrogens is 1. The number of hydrogen-bond acceptors (Lipinski definition) is 5. The van der Waals surface area contributed by atoms with Crippen LogP contribution < -0.4 is 11.3 Å². The van der Waals surface area contributed by atoms with Crippen LogP contribution in [-0.2, 0) is 10.0 Å². The van der Waals surface area contributed by atoms with Gasteiger partial charge in [0.25, 0.3) is 0 Å². The van der Waals surface area contributed by atoms with Crippen molar-refractivity contribution >= 4 is 31.8 Å². The van der Waals surface area contributed by atoms with E-state index in [2.05, 4.69) is 26.3 Å². The molecule has 0 saturated carbocycles. The Balaban J connectivity index is 3.39. The van der Waals surface area contributed by atoms with E-state index in [0.29, 0.717) is 10.9 Å². The summed E-state index contributed by atoms with van der Waals surface area (Å²) < 4.78 is 27.2. The molecule has 0 atom stereocenters. The van der Waals surface area contributed by atoms with Crippen molar-refractivity contribution in [1.29, 1.82) is 0 Å². The minimum absolute atomic E-state index is 0.0494. The van der Waals surface area contributed by atoms with Crippen molar-refractivity contribution in [3.8, 4) is 0 Å². The van der Waals surface area contributed by atoms with Crippen LogP contribution in [0.4, 0.5) is 5.82 Å². The van der Waals surface area contributed by atoms with E-state index in [1.807, 2.05) is 20.8 Å². The Morgan fingerprint density at radius 2 is 2.11 bits per heavy atom. The number of rotatable bonds is 5. The van der Waals surface area contributed by atoms with Crippen molar-refractivity contribution in [1.82, 2.24) is 9.29 Å².